The summed E-state index contributed by atoms with van der Waals surface area (Å²) in [6.07, 6.45) is 3.34. The number of hydrogen-bond acceptors (Lipinski definition) is 7. The maximum Gasteiger partial charge on any atom is 0.204 e. The number of tetrazole rings is 1. The molecule has 3 rings (SSSR count). The Hall–Kier alpha value is -3.13. The molecular formula is C22H28ClN5O3. The minimum atomic E-state index is -0.146. The van der Waals surface area contributed by atoms with Crippen LogP contribution >= 0.6 is 12.4 Å². The Morgan fingerprint density at radius 2 is 1.94 bits per heavy atom. The predicted molar refractivity (Wildman–Crippen MR) is 122 cm³/mol. The number of carbonyl (C=O) groups excluding carboxylic acids is 1. The lowest BCUT2D eigenvalue weighted by atomic mass is 10.0. The van der Waals surface area contributed by atoms with E-state index in [2.05, 4.69) is 25.9 Å². The van der Waals surface area contributed by atoms with Crippen LogP contribution in [0.25, 0.3) is 11.4 Å². The number of nitrogens with zero attached hydrogens (tertiary/aromatic N) is 3. The van der Waals surface area contributed by atoms with Crippen LogP contribution in [-0.4, -0.2) is 44.7 Å². The van der Waals surface area contributed by atoms with Crippen LogP contribution in [0.3, 0.4) is 0 Å². The topological polar surface area (TPSA) is 113 Å². The fraction of sp³-hybridized carbons (Fsp3) is 0.364. The Morgan fingerprint density at radius 1 is 1.16 bits per heavy atom. The van der Waals surface area contributed by atoms with E-state index in [0.29, 0.717) is 35.7 Å². The Bertz CT molecular complexity index is 962. The van der Waals surface area contributed by atoms with E-state index in [1.54, 1.807) is 12.1 Å². The molecule has 3 aromatic rings. The van der Waals surface area contributed by atoms with Gasteiger partial charge in [0, 0.05) is 23.4 Å². The monoisotopic (exact) mass is 445 g/mol. The molecule has 1 aromatic heterocycles. The summed E-state index contributed by atoms with van der Waals surface area (Å²) in [6, 6.07) is 11.3. The Morgan fingerprint density at radius 3 is 2.58 bits per heavy atom. The van der Waals surface area contributed by atoms with Gasteiger partial charge in [0.25, 0.3) is 0 Å². The van der Waals surface area contributed by atoms with Crippen LogP contribution < -0.4 is 10.1 Å². The van der Waals surface area contributed by atoms with Crippen molar-refractivity contribution in [3.8, 4) is 22.9 Å². The van der Waals surface area contributed by atoms with Crippen molar-refractivity contribution in [2.45, 2.75) is 39.5 Å². The van der Waals surface area contributed by atoms with E-state index in [4.69, 9.17) is 4.74 Å². The number of hydrogen-bond donors (Lipinski definition) is 3. The fourth-order valence-electron chi connectivity index (χ4n) is 3.19. The van der Waals surface area contributed by atoms with Crippen molar-refractivity contribution in [2.75, 3.05) is 18.5 Å². The summed E-state index contributed by atoms with van der Waals surface area (Å²) in [4.78, 5) is 11.6. The third-order valence-corrected chi connectivity index (χ3v) is 4.77. The highest BCUT2D eigenvalue weighted by Gasteiger charge is 2.15. The van der Waals surface area contributed by atoms with E-state index in [-0.39, 0.29) is 23.9 Å². The molecule has 0 aliphatic carbocycles. The number of unbranched alkanes of at least 4 members (excludes halogenated alkanes) is 1. The average molecular weight is 446 g/mol. The molecular weight excluding hydrogens is 418 g/mol. The highest BCUT2D eigenvalue weighted by molar-refractivity contribution is 5.97. The normalized spacial score (nSPS) is 10.4. The number of anilines is 1. The standard InChI is InChI=1S/C22H27N5O3.ClH/c1-3-6-19-20(12-11-18(15(2)28)21(19)29)30-14-5-4-13-23-17-9-7-16(8-10-17)22-24-26-27-25-22;/h7-12,23,29H,3-6,13-14H2,1-2H3,(H,24,25,26,27);1H. The molecule has 3 N–H and O–H groups in total. The summed E-state index contributed by atoms with van der Waals surface area (Å²) in [5.74, 6) is 1.13. The third kappa shape index (κ3) is 6.42. The van der Waals surface area contributed by atoms with Crippen LogP contribution in [0.1, 0.15) is 49.0 Å². The second-order valence-corrected chi connectivity index (χ2v) is 7.04. The summed E-state index contributed by atoms with van der Waals surface area (Å²) in [5.41, 5.74) is 2.99. The maximum atomic E-state index is 11.6. The largest absolute Gasteiger partial charge is 0.507 e. The van der Waals surface area contributed by atoms with Crippen molar-refractivity contribution in [2.24, 2.45) is 0 Å². The highest BCUT2D eigenvalue weighted by Crippen LogP contribution is 2.33. The van der Waals surface area contributed by atoms with Gasteiger partial charge in [-0.25, -0.2) is 0 Å². The van der Waals surface area contributed by atoms with Gasteiger partial charge in [-0.1, -0.05) is 13.3 Å². The SMILES string of the molecule is CCCc1c(OCCCCNc2ccc(-c3nn[nH]n3)cc2)ccc(C(C)=O)c1O.Cl. The van der Waals surface area contributed by atoms with Crippen LogP contribution in [0, 0.1) is 0 Å². The van der Waals surface area contributed by atoms with Crippen LogP contribution in [0.15, 0.2) is 36.4 Å². The first-order valence-electron chi connectivity index (χ1n) is 10.2. The number of H-pyrrole nitrogens is 1. The smallest absolute Gasteiger partial charge is 0.204 e. The van der Waals surface area contributed by atoms with Crippen LogP contribution in [-0.2, 0) is 6.42 Å². The zero-order valence-electron chi connectivity index (χ0n) is 17.7. The molecule has 0 bridgehead atoms. The number of Topliss-reactive ketones (excluding diaryl/α,β-unsaturated/α-hetero) is 1. The molecule has 0 saturated heterocycles. The zero-order valence-corrected chi connectivity index (χ0v) is 18.5. The summed E-state index contributed by atoms with van der Waals surface area (Å²) < 4.78 is 5.89. The molecule has 9 heteroatoms. The molecule has 0 aliphatic rings. The van der Waals surface area contributed by atoms with Crippen molar-refractivity contribution in [1.29, 1.82) is 0 Å². The third-order valence-electron chi connectivity index (χ3n) is 4.77. The van der Waals surface area contributed by atoms with Gasteiger partial charge < -0.3 is 15.2 Å². The first kappa shape index (κ1) is 24.1. The van der Waals surface area contributed by atoms with Gasteiger partial charge in [-0.15, -0.1) is 22.6 Å². The number of nitrogens with one attached hydrogen (secondary N) is 2. The number of phenols is 1. The van der Waals surface area contributed by atoms with Crippen molar-refractivity contribution >= 4 is 23.9 Å². The number of ether oxygens (including phenoxy) is 1. The van der Waals surface area contributed by atoms with Gasteiger partial charge in [-0.3, -0.25) is 4.79 Å². The van der Waals surface area contributed by atoms with Crippen molar-refractivity contribution in [3.05, 3.63) is 47.5 Å². The van der Waals surface area contributed by atoms with Gasteiger partial charge in [-0.2, -0.15) is 5.21 Å². The molecule has 0 spiro atoms. The number of benzene rings is 2. The number of carbonyl (C=O) groups is 1. The highest BCUT2D eigenvalue weighted by atomic mass is 35.5. The molecule has 1 heterocycles. The number of aromatic amines is 1. The molecule has 0 radical (unpaired) electrons. The molecule has 31 heavy (non-hydrogen) atoms. The van der Waals surface area contributed by atoms with Gasteiger partial charge in [0.15, 0.2) is 5.78 Å². The maximum absolute atomic E-state index is 11.6. The number of aromatic hydroxyl groups is 1. The van der Waals surface area contributed by atoms with Crippen molar-refractivity contribution in [1.82, 2.24) is 20.6 Å². The van der Waals surface area contributed by atoms with Crippen LogP contribution in [0.2, 0.25) is 0 Å². The zero-order chi connectivity index (χ0) is 21.3. The van der Waals surface area contributed by atoms with Crippen LogP contribution in [0.4, 0.5) is 5.69 Å². The first-order valence-corrected chi connectivity index (χ1v) is 10.2. The molecule has 8 nitrogen and oxygen atoms in total. The molecule has 166 valence electrons. The van der Waals surface area contributed by atoms with E-state index >= 15 is 0 Å². The quantitative estimate of drug-likeness (QED) is 0.295. The summed E-state index contributed by atoms with van der Waals surface area (Å²) in [7, 11) is 0. The van der Waals surface area contributed by atoms with E-state index in [0.717, 1.165) is 37.1 Å². The molecule has 0 aliphatic heterocycles. The lowest BCUT2D eigenvalue weighted by molar-refractivity contribution is 0.101. The van der Waals surface area contributed by atoms with Gasteiger partial charge in [0.2, 0.25) is 5.82 Å². The van der Waals surface area contributed by atoms with Crippen LogP contribution in [0.5, 0.6) is 11.5 Å². The molecule has 0 fully saturated rings. The van der Waals surface area contributed by atoms with E-state index in [1.807, 2.05) is 31.2 Å². The number of ketones is 1. The minimum absolute atomic E-state index is 0. The fourth-order valence-corrected chi connectivity index (χ4v) is 3.19. The molecule has 2 aromatic carbocycles. The van der Waals surface area contributed by atoms with E-state index in [1.165, 1.54) is 6.92 Å². The molecule has 0 unspecified atom stereocenters. The Kier molecular flexibility index (Phi) is 9.27. The number of halogens is 1. The second-order valence-electron chi connectivity index (χ2n) is 7.04. The van der Waals surface area contributed by atoms with Gasteiger partial charge in [0.1, 0.15) is 11.5 Å². The van der Waals surface area contributed by atoms with E-state index in [9.17, 15) is 9.90 Å². The van der Waals surface area contributed by atoms with Gasteiger partial charge in [-0.05, 0) is 67.8 Å². The minimum Gasteiger partial charge on any atom is -0.507 e. The Balaban J connectivity index is 0.00000341. The number of phenolic OH excluding ortho intramolecular Hbond substituents is 1. The first-order chi connectivity index (χ1) is 14.6. The molecule has 0 saturated carbocycles. The lowest BCUT2D eigenvalue weighted by Crippen LogP contribution is -2.06. The summed E-state index contributed by atoms with van der Waals surface area (Å²) in [5, 5.41) is 27.7. The van der Waals surface area contributed by atoms with Crippen molar-refractivity contribution < 1.29 is 14.6 Å². The average Bonchev–Trinajstić information content (AvgIpc) is 3.28. The predicted octanol–water partition coefficient (Wildman–Crippen LogP) is 4.42. The number of aromatic nitrogens is 4. The summed E-state index contributed by atoms with van der Waals surface area (Å²) >= 11 is 0. The molecule has 0 atom stereocenters. The number of rotatable bonds is 11. The van der Waals surface area contributed by atoms with Crippen molar-refractivity contribution in [3.63, 3.8) is 0 Å². The Labute approximate surface area is 187 Å². The van der Waals surface area contributed by atoms with E-state index < -0.39 is 0 Å². The lowest BCUT2D eigenvalue weighted by Gasteiger charge is -2.14. The van der Waals surface area contributed by atoms with Gasteiger partial charge in [0.05, 0.1) is 12.2 Å². The summed E-state index contributed by atoms with van der Waals surface area (Å²) in [6.45, 7) is 4.86. The molecule has 0 amide bonds. The second kappa shape index (κ2) is 11.9. The van der Waals surface area contributed by atoms with Gasteiger partial charge >= 0.3 is 0 Å².